The molecule has 30 heavy (non-hydrogen) atoms. The molecule has 2 N–H and O–H groups in total. The van der Waals surface area contributed by atoms with Crippen molar-refractivity contribution in [3.8, 4) is 0 Å². The van der Waals surface area contributed by atoms with Gasteiger partial charge in [-0.15, -0.1) is 24.8 Å². The van der Waals surface area contributed by atoms with E-state index in [-0.39, 0.29) is 24.8 Å². The number of rotatable bonds is 3. The van der Waals surface area contributed by atoms with Crippen LogP contribution in [0.4, 0.5) is 5.82 Å². The largest absolute Gasteiger partial charge is 0.349 e. The van der Waals surface area contributed by atoms with E-state index in [1.807, 2.05) is 31.3 Å². The number of hydrogen-bond donors (Lipinski definition) is 1. The fraction of sp³-hybridized carbons (Fsp3) is 0.400. The van der Waals surface area contributed by atoms with Crippen molar-refractivity contribution >= 4 is 65.2 Å². The van der Waals surface area contributed by atoms with E-state index >= 15 is 0 Å². The van der Waals surface area contributed by atoms with Crippen molar-refractivity contribution in [1.29, 1.82) is 0 Å². The Balaban J connectivity index is 0.00000128. The molecule has 2 fully saturated rings. The highest BCUT2D eigenvalue weighted by atomic mass is 35.5. The van der Waals surface area contributed by atoms with Gasteiger partial charge < -0.3 is 10.6 Å². The maximum Gasteiger partial charge on any atom is 0.179 e. The van der Waals surface area contributed by atoms with Crippen molar-refractivity contribution < 1.29 is 0 Å². The molecule has 5 heterocycles. The second-order valence-corrected chi connectivity index (χ2v) is 8.99. The third-order valence-corrected chi connectivity index (χ3v) is 7.23. The van der Waals surface area contributed by atoms with Crippen molar-refractivity contribution in [3.05, 3.63) is 41.3 Å². The predicted molar refractivity (Wildman–Crippen MR) is 126 cm³/mol. The molecule has 0 saturated carbocycles. The second kappa shape index (κ2) is 9.40. The lowest BCUT2D eigenvalue weighted by atomic mass is 9.98. The Bertz CT molecular complexity index is 1040. The van der Waals surface area contributed by atoms with Crippen LogP contribution >= 0.6 is 48.2 Å². The number of aryl methyl sites for hydroxylation is 1. The first-order valence-corrected chi connectivity index (χ1v) is 10.7. The molecule has 3 aromatic rings. The van der Waals surface area contributed by atoms with E-state index in [0.717, 1.165) is 39.8 Å². The van der Waals surface area contributed by atoms with E-state index in [9.17, 15) is 0 Å². The van der Waals surface area contributed by atoms with Crippen LogP contribution in [0.5, 0.6) is 0 Å². The van der Waals surface area contributed by atoms with E-state index in [2.05, 4.69) is 19.9 Å². The fourth-order valence-electron chi connectivity index (χ4n) is 4.37. The standard InChI is InChI=1S/C20H21ClN6S.2ClH/c1-11-19(21)16(6-7-23-11)28-18-5-4-15-20(26-18)24-10-17(25-15)27-13-2-3-14(27)9-12(22)8-13;;/h4-7,10,12-14H,2-3,8-9,22H2,1H3;2*1H/t12-,13-,14+;;. The molecule has 2 aliphatic rings. The van der Waals surface area contributed by atoms with Gasteiger partial charge in [-0.2, -0.15) is 0 Å². The molecule has 5 rings (SSSR count). The van der Waals surface area contributed by atoms with Crippen molar-refractivity contribution in [2.24, 2.45) is 5.73 Å². The van der Waals surface area contributed by atoms with E-state index < -0.39 is 0 Å². The van der Waals surface area contributed by atoms with E-state index in [1.54, 1.807) is 6.20 Å². The zero-order valence-electron chi connectivity index (χ0n) is 16.4. The number of nitrogens with two attached hydrogens (primary N) is 1. The molecule has 0 unspecified atom stereocenters. The highest BCUT2D eigenvalue weighted by Gasteiger charge is 2.40. The molecule has 0 spiro atoms. The highest BCUT2D eigenvalue weighted by molar-refractivity contribution is 7.99. The van der Waals surface area contributed by atoms with E-state index in [0.29, 0.717) is 28.8 Å². The van der Waals surface area contributed by atoms with Gasteiger partial charge in [0.2, 0.25) is 0 Å². The summed E-state index contributed by atoms with van der Waals surface area (Å²) in [6.07, 6.45) is 8.08. The highest BCUT2D eigenvalue weighted by Crippen LogP contribution is 2.38. The van der Waals surface area contributed by atoms with Gasteiger partial charge in [0.25, 0.3) is 0 Å². The van der Waals surface area contributed by atoms with Crippen LogP contribution in [-0.4, -0.2) is 38.1 Å². The van der Waals surface area contributed by atoms with Crippen molar-refractivity contribution in [2.45, 2.75) is 60.7 Å². The molecule has 2 bridgehead atoms. The van der Waals surface area contributed by atoms with Gasteiger partial charge in [0, 0.05) is 29.2 Å². The number of aromatic nitrogens is 4. The van der Waals surface area contributed by atoms with Gasteiger partial charge in [0.1, 0.15) is 16.4 Å². The molecule has 3 aromatic heterocycles. The molecule has 0 aromatic carbocycles. The quantitative estimate of drug-likeness (QED) is 0.568. The van der Waals surface area contributed by atoms with Gasteiger partial charge >= 0.3 is 0 Å². The molecule has 2 saturated heterocycles. The molecule has 0 amide bonds. The lowest BCUT2D eigenvalue weighted by molar-refractivity contribution is 0.412. The number of halogens is 3. The average molecular weight is 486 g/mol. The summed E-state index contributed by atoms with van der Waals surface area (Å²) in [6.45, 7) is 1.90. The number of nitrogens with zero attached hydrogens (tertiary/aromatic N) is 5. The maximum atomic E-state index is 6.36. The smallest absolute Gasteiger partial charge is 0.179 e. The topological polar surface area (TPSA) is 80.8 Å². The van der Waals surface area contributed by atoms with Crippen molar-refractivity contribution in [2.75, 3.05) is 4.90 Å². The Morgan fingerprint density at radius 3 is 2.53 bits per heavy atom. The van der Waals surface area contributed by atoms with Crippen molar-refractivity contribution in [1.82, 2.24) is 19.9 Å². The number of hydrogen-bond acceptors (Lipinski definition) is 7. The summed E-state index contributed by atoms with van der Waals surface area (Å²) in [6, 6.07) is 7.14. The molecule has 2 aliphatic heterocycles. The van der Waals surface area contributed by atoms with Gasteiger partial charge in [0.15, 0.2) is 5.65 Å². The SMILES string of the molecule is Cc1nccc(Sc2ccc3nc(N4[C@@H]5CC[C@H]4C[C@H](N)C5)cnc3n2)c1Cl.Cl.Cl. The summed E-state index contributed by atoms with van der Waals surface area (Å²) in [5.41, 5.74) is 8.47. The molecule has 0 radical (unpaired) electrons. The van der Waals surface area contributed by atoms with Crippen LogP contribution in [0.2, 0.25) is 5.02 Å². The minimum atomic E-state index is 0. The summed E-state index contributed by atoms with van der Waals surface area (Å²) in [5, 5.41) is 1.50. The van der Waals surface area contributed by atoms with E-state index in [4.69, 9.17) is 22.3 Å². The molecule has 10 heteroatoms. The maximum absolute atomic E-state index is 6.36. The third-order valence-electron chi connectivity index (χ3n) is 5.64. The Labute approximate surface area is 197 Å². The number of anilines is 1. The fourth-order valence-corrected chi connectivity index (χ4v) is 5.46. The van der Waals surface area contributed by atoms with Crippen LogP contribution in [0, 0.1) is 6.92 Å². The van der Waals surface area contributed by atoms with Gasteiger partial charge in [-0.3, -0.25) is 4.98 Å². The molecule has 6 nitrogen and oxygen atoms in total. The minimum Gasteiger partial charge on any atom is -0.349 e. The zero-order valence-corrected chi connectivity index (χ0v) is 19.6. The summed E-state index contributed by atoms with van der Waals surface area (Å²) in [5.74, 6) is 0.946. The Hall–Kier alpha value is -1.38. The van der Waals surface area contributed by atoms with Crippen LogP contribution in [0.25, 0.3) is 11.2 Å². The summed E-state index contributed by atoms with van der Waals surface area (Å²) < 4.78 is 0. The predicted octanol–water partition coefficient (Wildman–Crippen LogP) is 4.83. The molecule has 3 atom stereocenters. The van der Waals surface area contributed by atoms with Gasteiger partial charge in [-0.1, -0.05) is 23.4 Å². The zero-order chi connectivity index (χ0) is 19.3. The van der Waals surface area contributed by atoms with Crippen LogP contribution < -0.4 is 10.6 Å². The first-order valence-electron chi connectivity index (χ1n) is 9.55. The normalized spacial score (nSPS) is 22.5. The summed E-state index contributed by atoms with van der Waals surface area (Å²) >= 11 is 7.87. The summed E-state index contributed by atoms with van der Waals surface area (Å²) in [4.78, 5) is 21.7. The Morgan fingerprint density at radius 2 is 1.80 bits per heavy atom. The van der Waals surface area contributed by atoms with Crippen LogP contribution in [0.3, 0.4) is 0 Å². The summed E-state index contributed by atoms with van der Waals surface area (Å²) in [7, 11) is 0. The number of pyridine rings is 2. The molecular weight excluding hydrogens is 463 g/mol. The van der Waals surface area contributed by atoms with Gasteiger partial charge in [0.05, 0.1) is 16.9 Å². The molecular formula is C20H23Cl3N6S. The minimum absolute atomic E-state index is 0. The lowest BCUT2D eigenvalue weighted by Crippen LogP contribution is -2.47. The number of piperidine rings is 1. The van der Waals surface area contributed by atoms with Gasteiger partial charge in [-0.25, -0.2) is 15.0 Å². The number of fused-ring (bicyclic) bond motifs is 3. The second-order valence-electron chi connectivity index (χ2n) is 7.55. The van der Waals surface area contributed by atoms with Crippen molar-refractivity contribution in [3.63, 3.8) is 0 Å². The van der Waals surface area contributed by atoms with Crippen LogP contribution in [0.1, 0.15) is 31.4 Å². The average Bonchev–Trinajstić information content (AvgIpc) is 2.96. The van der Waals surface area contributed by atoms with E-state index in [1.165, 1.54) is 24.6 Å². The molecule has 0 aliphatic carbocycles. The van der Waals surface area contributed by atoms with Crippen LogP contribution in [0.15, 0.2) is 40.5 Å². The monoisotopic (exact) mass is 484 g/mol. The Kier molecular flexibility index (Phi) is 7.30. The molecule has 160 valence electrons. The first kappa shape index (κ1) is 23.3. The van der Waals surface area contributed by atoms with Crippen LogP contribution in [-0.2, 0) is 0 Å². The third kappa shape index (κ3) is 4.32. The lowest BCUT2D eigenvalue weighted by Gasteiger charge is -2.38. The van der Waals surface area contributed by atoms with Gasteiger partial charge in [-0.05, 0) is 50.8 Å². The Morgan fingerprint density at radius 1 is 1.07 bits per heavy atom. The first-order chi connectivity index (χ1) is 13.6.